The van der Waals surface area contributed by atoms with E-state index in [2.05, 4.69) is 26.4 Å². The van der Waals surface area contributed by atoms with E-state index in [1.165, 1.54) is 17.1 Å². The topological polar surface area (TPSA) is 62.5 Å². The lowest BCUT2D eigenvalue weighted by atomic mass is 10.1. The van der Waals surface area contributed by atoms with E-state index in [4.69, 9.17) is 0 Å². The molecule has 1 saturated heterocycles. The van der Waals surface area contributed by atoms with Crippen LogP contribution in [0.3, 0.4) is 0 Å². The van der Waals surface area contributed by atoms with Gasteiger partial charge in [-0.3, -0.25) is 9.69 Å². The molecular weight excluding hydrogens is 394 g/mol. The van der Waals surface area contributed by atoms with Crippen LogP contribution in [-0.4, -0.2) is 50.0 Å². The molecule has 0 saturated carbocycles. The summed E-state index contributed by atoms with van der Waals surface area (Å²) in [6.07, 6.45) is 1.07. The number of aryl methyl sites for hydroxylation is 3. The molecule has 3 aromatic rings. The zero-order valence-corrected chi connectivity index (χ0v) is 18.8. The van der Waals surface area contributed by atoms with Crippen molar-refractivity contribution in [2.24, 2.45) is 0 Å². The molecule has 1 aliphatic heterocycles. The molecule has 0 atom stereocenters. The molecule has 1 aliphatic rings. The van der Waals surface area contributed by atoms with Crippen molar-refractivity contribution >= 4 is 29.0 Å². The molecule has 0 aliphatic carbocycles. The molecule has 0 unspecified atom stereocenters. The Morgan fingerprint density at radius 3 is 2.73 bits per heavy atom. The van der Waals surface area contributed by atoms with Gasteiger partial charge < -0.3 is 5.32 Å². The van der Waals surface area contributed by atoms with Crippen LogP contribution in [0.1, 0.15) is 34.6 Å². The maximum Gasteiger partial charge on any atom is 0.224 e. The van der Waals surface area contributed by atoms with Crippen molar-refractivity contribution < 1.29 is 4.79 Å². The largest absolute Gasteiger partial charge is 0.326 e. The number of benzene rings is 1. The highest BCUT2D eigenvalue weighted by Gasteiger charge is 2.15. The molecule has 3 heterocycles. The van der Waals surface area contributed by atoms with E-state index in [1.54, 1.807) is 0 Å². The molecule has 30 heavy (non-hydrogen) atoms. The summed E-state index contributed by atoms with van der Waals surface area (Å²) in [5.74, 6) is 2.40. The first-order valence-corrected chi connectivity index (χ1v) is 11.7. The summed E-state index contributed by atoms with van der Waals surface area (Å²) in [5.41, 5.74) is 7.04. The average molecular weight is 424 g/mol. The number of hydrogen-bond donors (Lipinski definition) is 1. The quantitative estimate of drug-likeness (QED) is 0.654. The summed E-state index contributed by atoms with van der Waals surface area (Å²) in [5, 5.41) is 7.66. The van der Waals surface area contributed by atoms with Gasteiger partial charge in [-0.05, 0) is 44.4 Å². The summed E-state index contributed by atoms with van der Waals surface area (Å²) >= 11 is 2.01. The van der Waals surface area contributed by atoms with Crippen molar-refractivity contribution in [2.45, 2.75) is 40.2 Å². The number of thioether (sulfide) groups is 1. The Hall–Kier alpha value is -2.38. The Morgan fingerprint density at radius 2 is 1.93 bits per heavy atom. The highest BCUT2D eigenvalue weighted by Crippen LogP contribution is 2.21. The van der Waals surface area contributed by atoms with Crippen LogP contribution < -0.4 is 5.32 Å². The number of para-hydroxylation sites is 1. The van der Waals surface area contributed by atoms with Gasteiger partial charge in [0.1, 0.15) is 0 Å². The van der Waals surface area contributed by atoms with Crippen molar-refractivity contribution in [1.82, 2.24) is 19.5 Å². The van der Waals surface area contributed by atoms with E-state index in [9.17, 15) is 4.79 Å². The van der Waals surface area contributed by atoms with Gasteiger partial charge in [0.05, 0.1) is 5.69 Å². The first-order valence-electron chi connectivity index (χ1n) is 10.5. The fraction of sp³-hybridized carbons (Fsp3) is 0.435. The second kappa shape index (κ2) is 9.18. The van der Waals surface area contributed by atoms with Crippen molar-refractivity contribution in [3.8, 4) is 0 Å². The second-order valence-corrected chi connectivity index (χ2v) is 9.14. The Labute approximate surface area is 182 Å². The SMILES string of the molecule is Cc1cc2nc(C)c(CCC(=O)Nc3ccccc3CN3CCSCC3)c(C)n2n1. The molecular formula is C23H29N5OS. The van der Waals surface area contributed by atoms with Gasteiger partial charge in [-0.15, -0.1) is 0 Å². The van der Waals surface area contributed by atoms with E-state index < -0.39 is 0 Å². The minimum Gasteiger partial charge on any atom is -0.326 e. The normalized spacial score (nSPS) is 14.9. The van der Waals surface area contributed by atoms with Crippen LogP contribution in [-0.2, 0) is 17.8 Å². The highest BCUT2D eigenvalue weighted by molar-refractivity contribution is 7.99. The monoisotopic (exact) mass is 423 g/mol. The minimum absolute atomic E-state index is 0.0344. The lowest BCUT2D eigenvalue weighted by molar-refractivity contribution is -0.116. The fourth-order valence-electron chi connectivity index (χ4n) is 4.03. The molecule has 158 valence electrons. The van der Waals surface area contributed by atoms with Crippen LogP contribution >= 0.6 is 11.8 Å². The summed E-state index contributed by atoms with van der Waals surface area (Å²) < 4.78 is 1.88. The van der Waals surface area contributed by atoms with E-state index in [-0.39, 0.29) is 5.91 Å². The van der Waals surface area contributed by atoms with Crippen LogP contribution in [0.15, 0.2) is 30.3 Å². The van der Waals surface area contributed by atoms with E-state index in [1.807, 2.05) is 61.3 Å². The summed E-state index contributed by atoms with van der Waals surface area (Å²) in [4.78, 5) is 19.9. The second-order valence-electron chi connectivity index (χ2n) is 7.91. The number of amides is 1. The molecule has 7 heteroatoms. The number of nitrogens with zero attached hydrogens (tertiary/aromatic N) is 4. The van der Waals surface area contributed by atoms with Crippen LogP contribution in [0.4, 0.5) is 5.69 Å². The van der Waals surface area contributed by atoms with Gasteiger partial charge >= 0.3 is 0 Å². The van der Waals surface area contributed by atoms with Gasteiger partial charge in [0, 0.05) is 60.7 Å². The molecule has 2 aromatic heterocycles. The Bertz CT molecular complexity index is 1060. The lowest BCUT2D eigenvalue weighted by Gasteiger charge is -2.27. The third-order valence-corrected chi connectivity index (χ3v) is 6.62. The van der Waals surface area contributed by atoms with Crippen LogP contribution in [0.5, 0.6) is 0 Å². The number of rotatable bonds is 6. The summed E-state index contributed by atoms with van der Waals surface area (Å²) in [6, 6.07) is 10.1. The van der Waals surface area contributed by atoms with Crippen molar-refractivity contribution in [2.75, 3.05) is 29.9 Å². The van der Waals surface area contributed by atoms with Crippen molar-refractivity contribution in [3.05, 3.63) is 58.5 Å². The molecule has 0 bridgehead atoms. The Balaban J connectivity index is 1.43. The molecule has 1 aromatic carbocycles. The van der Waals surface area contributed by atoms with Gasteiger partial charge in [0.2, 0.25) is 5.91 Å². The molecule has 1 amide bonds. The Morgan fingerprint density at radius 1 is 1.17 bits per heavy atom. The highest BCUT2D eigenvalue weighted by atomic mass is 32.2. The lowest BCUT2D eigenvalue weighted by Crippen LogP contribution is -2.32. The molecule has 4 rings (SSSR count). The third kappa shape index (κ3) is 4.68. The zero-order chi connectivity index (χ0) is 21.1. The first-order chi connectivity index (χ1) is 14.5. The van der Waals surface area contributed by atoms with Gasteiger partial charge in [0.15, 0.2) is 5.65 Å². The van der Waals surface area contributed by atoms with Gasteiger partial charge in [-0.1, -0.05) is 18.2 Å². The van der Waals surface area contributed by atoms with E-state index in [0.717, 1.165) is 53.6 Å². The third-order valence-electron chi connectivity index (χ3n) is 5.68. The van der Waals surface area contributed by atoms with Gasteiger partial charge in [-0.25, -0.2) is 9.50 Å². The van der Waals surface area contributed by atoms with Crippen LogP contribution in [0.25, 0.3) is 5.65 Å². The number of nitrogens with one attached hydrogen (secondary N) is 1. The van der Waals surface area contributed by atoms with E-state index >= 15 is 0 Å². The van der Waals surface area contributed by atoms with E-state index in [0.29, 0.717) is 12.8 Å². The number of hydrogen-bond acceptors (Lipinski definition) is 5. The smallest absolute Gasteiger partial charge is 0.224 e. The number of carbonyl (C=O) groups excluding carboxylic acids is 1. The van der Waals surface area contributed by atoms with Crippen LogP contribution in [0, 0.1) is 20.8 Å². The predicted octanol–water partition coefficient (Wildman–Crippen LogP) is 3.77. The average Bonchev–Trinajstić information content (AvgIpc) is 3.10. The minimum atomic E-state index is 0.0344. The predicted molar refractivity (Wildman–Crippen MR) is 123 cm³/mol. The van der Waals surface area contributed by atoms with Gasteiger partial charge in [-0.2, -0.15) is 16.9 Å². The first kappa shape index (κ1) is 20.9. The molecule has 1 fully saturated rings. The summed E-state index contributed by atoms with van der Waals surface area (Å²) in [6.45, 7) is 9.12. The molecule has 6 nitrogen and oxygen atoms in total. The Kier molecular flexibility index (Phi) is 6.39. The van der Waals surface area contributed by atoms with Crippen LogP contribution in [0.2, 0.25) is 0 Å². The maximum absolute atomic E-state index is 12.7. The molecule has 0 spiro atoms. The van der Waals surface area contributed by atoms with Gasteiger partial charge in [0.25, 0.3) is 0 Å². The standard InChI is InChI=1S/C23H29N5OS/c1-16-14-22-24-17(2)20(18(3)28(22)26-16)8-9-23(29)25-21-7-5-4-6-19(21)15-27-10-12-30-13-11-27/h4-7,14H,8-13,15H2,1-3H3,(H,25,29). The number of fused-ring (bicyclic) bond motifs is 1. The summed E-state index contributed by atoms with van der Waals surface area (Å²) in [7, 11) is 0. The molecule has 1 N–H and O–H groups in total. The van der Waals surface area contributed by atoms with Crippen molar-refractivity contribution in [3.63, 3.8) is 0 Å². The number of aromatic nitrogens is 3. The molecule has 0 radical (unpaired) electrons. The number of anilines is 1. The zero-order valence-electron chi connectivity index (χ0n) is 17.9. The fourth-order valence-corrected chi connectivity index (χ4v) is 5.01. The maximum atomic E-state index is 12.7. The number of carbonyl (C=O) groups is 1. The van der Waals surface area contributed by atoms with Crippen molar-refractivity contribution in [1.29, 1.82) is 0 Å².